The molecule has 0 aliphatic rings. The fourth-order valence-corrected chi connectivity index (χ4v) is 1.92. The van der Waals surface area contributed by atoms with E-state index in [0.717, 1.165) is 23.4 Å². The number of hydrogen-bond acceptors (Lipinski definition) is 3. The van der Waals surface area contributed by atoms with Crippen LogP contribution in [0.15, 0.2) is 9.52 Å². The number of nitrogens with one attached hydrogen (secondary N) is 1. The molecule has 0 aliphatic carbocycles. The standard InChI is InChI=1S/C13H24N4O.HI/c1-6-9(3)16-13(14)15-7-8(2)12-10(4)17-18-11(12)5;/h8-9H,6-7H2,1-5H3,(H3,14,15,16);1H. The molecule has 6 heteroatoms. The maximum absolute atomic E-state index is 5.83. The third-order valence-corrected chi connectivity index (χ3v) is 3.12. The van der Waals surface area contributed by atoms with Crippen molar-refractivity contribution in [1.29, 1.82) is 0 Å². The molecular formula is C13H25IN4O. The minimum absolute atomic E-state index is 0. The summed E-state index contributed by atoms with van der Waals surface area (Å²) >= 11 is 0. The lowest BCUT2D eigenvalue weighted by atomic mass is 10.00. The van der Waals surface area contributed by atoms with Gasteiger partial charge in [0.1, 0.15) is 5.76 Å². The Kier molecular flexibility index (Phi) is 8.05. The number of nitrogens with zero attached hydrogens (tertiary/aromatic N) is 2. The van der Waals surface area contributed by atoms with E-state index in [0.29, 0.717) is 18.5 Å². The van der Waals surface area contributed by atoms with Crippen LogP contribution in [-0.2, 0) is 0 Å². The molecule has 5 nitrogen and oxygen atoms in total. The highest BCUT2D eigenvalue weighted by atomic mass is 127. The first-order valence-corrected chi connectivity index (χ1v) is 6.44. The summed E-state index contributed by atoms with van der Waals surface area (Å²) in [6.07, 6.45) is 1.02. The van der Waals surface area contributed by atoms with E-state index in [1.807, 2.05) is 13.8 Å². The molecule has 1 heterocycles. The second kappa shape index (κ2) is 8.39. The van der Waals surface area contributed by atoms with E-state index in [1.54, 1.807) is 0 Å². The first-order chi connectivity index (χ1) is 8.45. The Morgan fingerprint density at radius 2 is 2.05 bits per heavy atom. The van der Waals surface area contributed by atoms with E-state index in [1.165, 1.54) is 0 Å². The summed E-state index contributed by atoms with van der Waals surface area (Å²) in [4.78, 5) is 4.36. The lowest BCUT2D eigenvalue weighted by molar-refractivity contribution is 0.391. The fraction of sp³-hybridized carbons (Fsp3) is 0.692. The number of aryl methyl sites for hydroxylation is 2. The van der Waals surface area contributed by atoms with Crippen LogP contribution in [0, 0.1) is 13.8 Å². The molecule has 0 spiro atoms. The van der Waals surface area contributed by atoms with Crippen molar-refractivity contribution in [2.45, 2.75) is 53.0 Å². The Balaban J connectivity index is 0.00000324. The van der Waals surface area contributed by atoms with Gasteiger partial charge in [-0.2, -0.15) is 0 Å². The van der Waals surface area contributed by atoms with Crippen molar-refractivity contribution in [3.05, 3.63) is 17.0 Å². The first kappa shape index (κ1) is 18.2. The van der Waals surface area contributed by atoms with Crippen LogP contribution in [0.4, 0.5) is 0 Å². The molecule has 2 unspecified atom stereocenters. The predicted octanol–water partition coefficient (Wildman–Crippen LogP) is 2.72. The van der Waals surface area contributed by atoms with Crippen LogP contribution in [0.2, 0.25) is 0 Å². The van der Waals surface area contributed by atoms with Gasteiger partial charge in [-0.05, 0) is 27.2 Å². The topological polar surface area (TPSA) is 76.4 Å². The van der Waals surface area contributed by atoms with Gasteiger partial charge in [0.15, 0.2) is 5.96 Å². The molecule has 0 saturated heterocycles. The largest absolute Gasteiger partial charge is 0.370 e. The molecule has 1 rings (SSSR count). The molecule has 110 valence electrons. The van der Waals surface area contributed by atoms with Gasteiger partial charge in [0, 0.05) is 24.1 Å². The van der Waals surface area contributed by atoms with Crippen LogP contribution >= 0.6 is 24.0 Å². The second-order valence-electron chi connectivity index (χ2n) is 4.82. The average molecular weight is 380 g/mol. The number of hydrogen-bond donors (Lipinski definition) is 2. The minimum Gasteiger partial charge on any atom is -0.370 e. The van der Waals surface area contributed by atoms with E-state index in [-0.39, 0.29) is 29.9 Å². The Morgan fingerprint density at radius 3 is 2.53 bits per heavy atom. The molecule has 0 saturated carbocycles. The number of rotatable bonds is 5. The molecule has 0 fully saturated rings. The minimum atomic E-state index is 0. The van der Waals surface area contributed by atoms with E-state index in [2.05, 4.69) is 36.2 Å². The summed E-state index contributed by atoms with van der Waals surface area (Å²) < 4.78 is 5.16. The third-order valence-electron chi connectivity index (χ3n) is 3.12. The predicted molar refractivity (Wildman–Crippen MR) is 89.2 cm³/mol. The molecule has 0 aromatic carbocycles. The van der Waals surface area contributed by atoms with Crippen LogP contribution in [0.3, 0.4) is 0 Å². The van der Waals surface area contributed by atoms with Gasteiger partial charge in [0.05, 0.1) is 5.69 Å². The Hall–Kier alpha value is -0.790. The van der Waals surface area contributed by atoms with Crippen LogP contribution in [0.25, 0.3) is 0 Å². The van der Waals surface area contributed by atoms with Gasteiger partial charge in [0.25, 0.3) is 0 Å². The smallest absolute Gasteiger partial charge is 0.188 e. The number of guanidine groups is 1. The highest BCUT2D eigenvalue weighted by molar-refractivity contribution is 14.0. The van der Waals surface area contributed by atoms with Gasteiger partial charge in [-0.1, -0.05) is 19.0 Å². The number of nitrogens with two attached hydrogens (primary N) is 1. The molecule has 1 aromatic heterocycles. The number of aromatic nitrogens is 1. The molecule has 0 amide bonds. The quantitative estimate of drug-likeness (QED) is 0.468. The molecule has 3 N–H and O–H groups in total. The van der Waals surface area contributed by atoms with Crippen molar-refractivity contribution in [3.63, 3.8) is 0 Å². The maximum Gasteiger partial charge on any atom is 0.188 e. The van der Waals surface area contributed by atoms with Crippen molar-refractivity contribution < 1.29 is 4.52 Å². The monoisotopic (exact) mass is 380 g/mol. The molecule has 0 aliphatic heterocycles. The van der Waals surface area contributed by atoms with Crippen molar-refractivity contribution in [2.75, 3.05) is 6.54 Å². The van der Waals surface area contributed by atoms with Gasteiger partial charge < -0.3 is 15.6 Å². The molecule has 0 radical (unpaired) electrons. The molecule has 2 atom stereocenters. The lowest BCUT2D eigenvalue weighted by Crippen LogP contribution is -2.38. The summed E-state index contributed by atoms with van der Waals surface area (Å²) in [5.41, 5.74) is 7.90. The summed E-state index contributed by atoms with van der Waals surface area (Å²) in [7, 11) is 0. The Morgan fingerprint density at radius 1 is 1.42 bits per heavy atom. The first-order valence-electron chi connectivity index (χ1n) is 6.44. The SMILES string of the molecule is CCC(C)NC(N)=NCC(C)c1c(C)noc1C.I. The summed E-state index contributed by atoms with van der Waals surface area (Å²) in [6.45, 7) is 10.8. The molecule has 19 heavy (non-hydrogen) atoms. The highest BCUT2D eigenvalue weighted by Gasteiger charge is 2.16. The van der Waals surface area contributed by atoms with Crippen LogP contribution < -0.4 is 11.1 Å². The molecular weight excluding hydrogens is 355 g/mol. The summed E-state index contributed by atoms with van der Waals surface area (Å²) in [6, 6.07) is 0.350. The summed E-state index contributed by atoms with van der Waals surface area (Å²) in [5.74, 6) is 1.63. The van der Waals surface area contributed by atoms with Gasteiger partial charge in [0.2, 0.25) is 0 Å². The van der Waals surface area contributed by atoms with Crippen LogP contribution in [0.5, 0.6) is 0 Å². The average Bonchev–Trinajstić information content (AvgIpc) is 2.66. The number of halogens is 1. The zero-order valence-corrected chi connectivity index (χ0v) is 14.7. The second-order valence-corrected chi connectivity index (χ2v) is 4.82. The van der Waals surface area contributed by atoms with E-state index in [9.17, 15) is 0 Å². The third kappa shape index (κ3) is 5.38. The summed E-state index contributed by atoms with van der Waals surface area (Å²) in [5, 5.41) is 7.10. The van der Waals surface area contributed by atoms with Gasteiger partial charge in [-0.25, -0.2) is 0 Å². The lowest BCUT2D eigenvalue weighted by Gasteiger charge is -2.13. The van der Waals surface area contributed by atoms with Gasteiger partial charge in [-0.3, -0.25) is 4.99 Å². The maximum atomic E-state index is 5.83. The van der Waals surface area contributed by atoms with Gasteiger partial charge in [-0.15, -0.1) is 24.0 Å². The zero-order valence-electron chi connectivity index (χ0n) is 12.4. The van der Waals surface area contributed by atoms with E-state index in [4.69, 9.17) is 10.3 Å². The fourth-order valence-electron chi connectivity index (χ4n) is 1.92. The van der Waals surface area contributed by atoms with E-state index < -0.39 is 0 Å². The van der Waals surface area contributed by atoms with Crippen LogP contribution in [0.1, 0.15) is 50.1 Å². The zero-order chi connectivity index (χ0) is 13.7. The van der Waals surface area contributed by atoms with E-state index >= 15 is 0 Å². The number of aliphatic imine (C=N–C) groups is 1. The van der Waals surface area contributed by atoms with Crippen molar-refractivity contribution in [3.8, 4) is 0 Å². The normalized spacial score (nSPS) is 14.7. The Labute approximate surface area is 132 Å². The van der Waals surface area contributed by atoms with Crippen molar-refractivity contribution >= 4 is 29.9 Å². The molecule has 1 aromatic rings. The van der Waals surface area contributed by atoms with Gasteiger partial charge >= 0.3 is 0 Å². The van der Waals surface area contributed by atoms with Crippen molar-refractivity contribution in [1.82, 2.24) is 10.5 Å². The van der Waals surface area contributed by atoms with Crippen molar-refractivity contribution in [2.24, 2.45) is 10.7 Å². The highest BCUT2D eigenvalue weighted by Crippen LogP contribution is 2.22. The molecule has 0 bridgehead atoms. The van der Waals surface area contributed by atoms with Crippen LogP contribution in [-0.4, -0.2) is 23.7 Å². The Bertz CT molecular complexity index is 397.